The molecule has 0 radical (unpaired) electrons. The molecule has 3 aromatic rings. The highest BCUT2D eigenvalue weighted by Crippen LogP contribution is 2.36. The van der Waals surface area contributed by atoms with Crippen molar-refractivity contribution in [2.45, 2.75) is 10.5 Å². The third-order valence-electron chi connectivity index (χ3n) is 3.89. The van der Waals surface area contributed by atoms with Gasteiger partial charge in [-0.3, -0.25) is 0 Å². The minimum absolute atomic E-state index is 0.873. The fraction of sp³-hybridized carbons (Fsp3) is 0.100. The van der Waals surface area contributed by atoms with E-state index in [2.05, 4.69) is 18.4 Å². The van der Waals surface area contributed by atoms with E-state index in [1.165, 1.54) is 4.90 Å². The van der Waals surface area contributed by atoms with Gasteiger partial charge in [0.25, 0.3) is 0 Å². The third kappa shape index (κ3) is 2.68. The van der Waals surface area contributed by atoms with E-state index >= 15 is 0 Å². The number of benzene rings is 3. The van der Waals surface area contributed by atoms with E-state index in [0.717, 1.165) is 16.7 Å². The van der Waals surface area contributed by atoms with Gasteiger partial charge in [0.15, 0.2) is 0 Å². The van der Waals surface area contributed by atoms with Gasteiger partial charge in [0.05, 0.1) is 0 Å². The molecule has 0 atom stereocenters. The summed E-state index contributed by atoms with van der Waals surface area (Å²) in [6, 6.07) is 27.7. The van der Waals surface area contributed by atoms with E-state index in [4.69, 9.17) is 0 Å². The zero-order valence-electron chi connectivity index (χ0n) is 12.4. The van der Waals surface area contributed by atoms with Crippen molar-refractivity contribution >= 4 is 11.8 Å². The van der Waals surface area contributed by atoms with E-state index in [1.54, 1.807) is 11.8 Å². The molecule has 0 unspecified atom stereocenters. The van der Waals surface area contributed by atoms with Crippen LogP contribution in [-0.2, 0) is 5.60 Å². The maximum atomic E-state index is 11.6. The molecule has 0 heterocycles. The summed E-state index contributed by atoms with van der Waals surface area (Å²) >= 11 is 1.70. The molecule has 0 saturated heterocycles. The molecule has 3 aromatic carbocycles. The van der Waals surface area contributed by atoms with E-state index in [-0.39, 0.29) is 0 Å². The van der Waals surface area contributed by atoms with Gasteiger partial charge < -0.3 is 5.11 Å². The van der Waals surface area contributed by atoms with Gasteiger partial charge in [0.1, 0.15) is 5.60 Å². The van der Waals surface area contributed by atoms with Crippen LogP contribution in [0.15, 0.2) is 89.8 Å². The average Bonchev–Trinajstić information content (AvgIpc) is 2.62. The molecule has 0 aromatic heterocycles. The Labute approximate surface area is 135 Å². The van der Waals surface area contributed by atoms with Crippen molar-refractivity contribution in [3.8, 4) is 0 Å². The van der Waals surface area contributed by atoms with Gasteiger partial charge in [-0.05, 0) is 35.1 Å². The van der Waals surface area contributed by atoms with Crippen molar-refractivity contribution in [1.82, 2.24) is 0 Å². The van der Waals surface area contributed by atoms with Gasteiger partial charge >= 0.3 is 0 Å². The molecule has 22 heavy (non-hydrogen) atoms. The number of aliphatic hydroxyl groups is 1. The van der Waals surface area contributed by atoms with Crippen LogP contribution >= 0.6 is 11.8 Å². The topological polar surface area (TPSA) is 20.2 Å². The molecular formula is C20H18OS. The Morgan fingerprint density at radius 1 is 0.636 bits per heavy atom. The van der Waals surface area contributed by atoms with Gasteiger partial charge in [-0.1, -0.05) is 72.8 Å². The van der Waals surface area contributed by atoms with Crippen LogP contribution in [-0.4, -0.2) is 11.4 Å². The molecule has 0 spiro atoms. The Morgan fingerprint density at radius 2 is 1.05 bits per heavy atom. The van der Waals surface area contributed by atoms with Crippen LogP contribution < -0.4 is 0 Å². The summed E-state index contributed by atoms with van der Waals surface area (Å²) in [5, 5.41) is 11.6. The summed E-state index contributed by atoms with van der Waals surface area (Å²) in [4.78, 5) is 1.19. The van der Waals surface area contributed by atoms with Gasteiger partial charge in [-0.2, -0.15) is 0 Å². The second-order valence-corrected chi connectivity index (χ2v) is 6.05. The van der Waals surface area contributed by atoms with Gasteiger partial charge in [0.2, 0.25) is 0 Å². The molecule has 1 nitrogen and oxygen atoms in total. The summed E-state index contributed by atoms with van der Waals surface area (Å²) < 4.78 is 0. The second kappa shape index (κ2) is 6.39. The molecular weight excluding hydrogens is 288 g/mol. The fourth-order valence-electron chi connectivity index (χ4n) is 2.69. The number of rotatable bonds is 4. The first-order chi connectivity index (χ1) is 10.7. The lowest BCUT2D eigenvalue weighted by molar-refractivity contribution is 0.125. The molecule has 3 rings (SSSR count). The summed E-state index contributed by atoms with van der Waals surface area (Å²) in [6.07, 6.45) is 2.05. The lowest BCUT2D eigenvalue weighted by Crippen LogP contribution is -2.28. The van der Waals surface area contributed by atoms with Crippen LogP contribution in [0.25, 0.3) is 0 Å². The number of hydrogen-bond acceptors (Lipinski definition) is 2. The van der Waals surface area contributed by atoms with Crippen molar-refractivity contribution in [3.63, 3.8) is 0 Å². The fourth-order valence-corrected chi connectivity index (χ4v) is 3.10. The van der Waals surface area contributed by atoms with Crippen LogP contribution in [0.3, 0.4) is 0 Å². The molecule has 0 aliphatic heterocycles. The zero-order valence-corrected chi connectivity index (χ0v) is 13.3. The zero-order chi connectivity index (χ0) is 15.4. The van der Waals surface area contributed by atoms with Crippen molar-refractivity contribution in [1.29, 1.82) is 0 Å². The second-order valence-electron chi connectivity index (χ2n) is 5.17. The molecule has 1 N–H and O–H groups in total. The lowest BCUT2D eigenvalue weighted by Gasteiger charge is -2.30. The predicted octanol–water partition coefficient (Wildman–Crippen LogP) is 4.69. The highest BCUT2D eigenvalue weighted by atomic mass is 32.2. The van der Waals surface area contributed by atoms with Crippen molar-refractivity contribution < 1.29 is 5.11 Å². The summed E-state index contributed by atoms with van der Waals surface area (Å²) in [6.45, 7) is 0. The minimum Gasteiger partial charge on any atom is -0.376 e. The van der Waals surface area contributed by atoms with E-state index in [1.807, 2.05) is 72.8 Å². The molecule has 0 aliphatic rings. The monoisotopic (exact) mass is 306 g/mol. The first-order valence-electron chi connectivity index (χ1n) is 7.23. The Morgan fingerprint density at radius 3 is 1.45 bits per heavy atom. The Kier molecular flexibility index (Phi) is 4.32. The molecule has 0 bridgehead atoms. The van der Waals surface area contributed by atoms with Crippen LogP contribution in [0.2, 0.25) is 0 Å². The smallest absolute Gasteiger partial charge is 0.140 e. The SMILES string of the molecule is CSc1ccc(C(O)(c2ccccc2)c2ccccc2)cc1. The summed E-state index contributed by atoms with van der Waals surface area (Å²) in [5.74, 6) is 0. The first-order valence-corrected chi connectivity index (χ1v) is 8.45. The minimum atomic E-state index is -1.14. The molecule has 110 valence electrons. The largest absolute Gasteiger partial charge is 0.376 e. The van der Waals surface area contributed by atoms with E-state index in [0.29, 0.717) is 0 Å². The van der Waals surface area contributed by atoms with Crippen molar-refractivity contribution in [2.24, 2.45) is 0 Å². The number of thioether (sulfide) groups is 1. The van der Waals surface area contributed by atoms with Gasteiger partial charge in [-0.25, -0.2) is 0 Å². The summed E-state index contributed by atoms with van der Waals surface area (Å²) in [7, 11) is 0. The lowest BCUT2D eigenvalue weighted by atomic mass is 9.80. The Bertz CT molecular complexity index is 681. The molecule has 2 heteroatoms. The van der Waals surface area contributed by atoms with Crippen LogP contribution in [0, 0.1) is 0 Å². The van der Waals surface area contributed by atoms with Crippen LogP contribution in [0.5, 0.6) is 0 Å². The highest BCUT2D eigenvalue weighted by Gasteiger charge is 2.33. The summed E-state index contributed by atoms with van der Waals surface area (Å²) in [5.41, 5.74) is 1.48. The predicted molar refractivity (Wildman–Crippen MR) is 93.2 cm³/mol. The van der Waals surface area contributed by atoms with E-state index < -0.39 is 5.60 Å². The normalized spacial score (nSPS) is 11.4. The van der Waals surface area contributed by atoms with Gasteiger partial charge in [0, 0.05) is 4.90 Å². The average molecular weight is 306 g/mol. The van der Waals surface area contributed by atoms with Crippen molar-refractivity contribution in [3.05, 3.63) is 102 Å². The standard InChI is InChI=1S/C20H18OS/c1-22-19-14-12-18(13-15-19)20(21,16-8-4-2-5-9-16)17-10-6-3-7-11-17/h2-15,21H,1H3. The van der Waals surface area contributed by atoms with Gasteiger partial charge in [-0.15, -0.1) is 11.8 Å². The molecule has 0 amide bonds. The quantitative estimate of drug-likeness (QED) is 0.557. The number of hydrogen-bond donors (Lipinski definition) is 1. The van der Waals surface area contributed by atoms with Crippen molar-refractivity contribution in [2.75, 3.05) is 6.26 Å². The maximum Gasteiger partial charge on any atom is 0.140 e. The molecule has 0 aliphatic carbocycles. The van der Waals surface area contributed by atoms with E-state index in [9.17, 15) is 5.11 Å². The van der Waals surface area contributed by atoms with Crippen LogP contribution in [0.1, 0.15) is 16.7 Å². The van der Waals surface area contributed by atoms with Crippen LogP contribution in [0.4, 0.5) is 0 Å². The first kappa shape index (κ1) is 14.9. The third-order valence-corrected chi connectivity index (χ3v) is 4.63. The molecule has 0 fully saturated rings. The maximum absolute atomic E-state index is 11.6. The molecule has 0 saturated carbocycles. The Balaban J connectivity index is 2.18. The highest BCUT2D eigenvalue weighted by molar-refractivity contribution is 7.98. The Hall–Kier alpha value is -2.03.